The number of rotatable bonds is 24. The maximum absolute atomic E-state index is 10.9. The summed E-state index contributed by atoms with van der Waals surface area (Å²) >= 11 is 0. The second-order valence-electron chi connectivity index (χ2n) is 9.67. The average Bonchev–Trinajstić information content (AvgIpc) is 2.80. The number of aliphatic hydroxyl groups is 1. The minimum Gasteiger partial charge on any atom is -0.393 e. The van der Waals surface area contributed by atoms with Crippen molar-refractivity contribution in [3.63, 3.8) is 0 Å². The van der Waals surface area contributed by atoms with E-state index >= 15 is 0 Å². The van der Waals surface area contributed by atoms with Crippen molar-refractivity contribution in [1.29, 1.82) is 0 Å². The summed E-state index contributed by atoms with van der Waals surface area (Å²) in [5.41, 5.74) is 0. The Morgan fingerprint density at radius 1 is 0.438 bits per heavy atom. The van der Waals surface area contributed by atoms with Crippen LogP contribution in [0.3, 0.4) is 0 Å². The molecule has 2 atom stereocenters. The fourth-order valence-electron chi connectivity index (χ4n) is 4.26. The molecule has 1 N–H and O–H groups in total. The van der Waals surface area contributed by atoms with Crippen LogP contribution in [0.5, 0.6) is 0 Å². The van der Waals surface area contributed by atoms with Gasteiger partial charge in [0, 0.05) is 0 Å². The molecule has 1 nitrogen and oxygen atoms in total. The van der Waals surface area contributed by atoms with Crippen LogP contribution >= 0.6 is 0 Å². The number of hydrogen-bond donors (Lipinski definition) is 1. The average molecular weight is 447 g/mol. The maximum Gasteiger partial charge on any atom is 0.0568 e. The van der Waals surface area contributed by atoms with E-state index in [0.717, 1.165) is 19.3 Å². The first kappa shape index (κ1) is 31.2. The molecule has 0 radical (unpaired) electrons. The second kappa shape index (κ2) is 26.4. The van der Waals surface area contributed by atoms with E-state index in [2.05, 4.69) is 57.2 Å². The molecule has 0 spiro atoms. The molecule has 0 heterocycles. The largest absolute Gasteiger partial charge is 0.393 e. The zero-order chi connectivity index (χ0) is 23.5. The first-order valence-corrected chi connectivity index (χ1v) is 14.4. The van der Waals surface area contributed by atoms with Gasteiger partial charge in [-0.05, 0) is 95.8 Å². The van der Waals surface area contributed by atoms with E-state index in [9.17, 15) is 5.11 Å². The summed E-state index contributed by atoms with van der Waals surface area (Å²) in [5.74, 6) is 0.473. The number of allylic oxidation sites excluding steroid dienone is 6. The van der Waals surface area contributed by atoms with E-state index in [-0.39, 0.29) is 6.10 Å². The Morgan fingerprint density at radius 2 is 0.781 bits per heavy atom. The first-order chi connectivity index (χ1) is 15.8. The smallest absolute Gasteiger partial charge is 0.0568 e. The summed E-state index contributed by atoms with van der Waals surface area (Å²) in [5, 5.41) is 10.9. The molecule has 0 aromatic rings. The Kier molecular flexibility index (Phi) is 25.8. The predicted molar refractivity (Wildman–Crippen MR) is 146 cm³/mol. The Balaban J connectivity index is 4.23. The van der Waals surface area contributed by atoms with Gasteiger partial charge in [-0.25, -0.2) is 0 Å². The van der Waals surface area contributed by atoms with E-state index in [1.807, 2.05) is 0 Å². The van der Waals surface area contributed by atoms with Crippen LogP contribution in [0.2, 0.25) is 0 Å². The van der Waals surface area contributed by atoms with Crippen LogP contribution in [0.4, 0.5) is 0 Å². The highest BCUT2D eigenvalue weighted by Gasteiger charge is 2.17. The third kappa shape index (κ3) is 22.4. The van der Waals surface area contributed by atoms with E-state index < -0.39 is 0 Å². The lowest BCUT2D eigenvalue weighted by atomic mass is 9.88. The zero-order valence-corrected chi connectivity index (χ0v) is 22.2. The fraction of sp³-hybridized carbons (Fsp3) is 0.806. The maximum atomic E-state index is 10.9. The van der Waals surface area contributed by atoms with E-state index in [0.29, 0.717) is 5.92 Å². The lowest BCUT2D eigenvalue weighted by Gasteiger charge is -2.22. The standard InChI is InChI=1S/C31H58O/c1-4-7-10-13-16-19-22-25-28-30(27-24-21-18-15-12-9-6-3)31(32)29-26-23-20-17-14-11-8-5-2/h15-20,30-32H,4-14,21-29H2,1-3H3/b18-15-,19-16-,20-17-. The van der Waals surface area contributed by atoms with Crippen molar-refractivity contribution in [1.82, 2.24) is 0 Å². The molecule has 0 amide bonds. The van der Waals surface area contributed by atoms with Crippen molar-refractivity contribution in [2.24, 2.45) is 5.92 Å². The van der Waals surface area contributed by atoms with Gasteiger partial charge in [0.05, 0.1) is 6.10 Å². The van der Waals surface area contributed by atoms with Crippen LogP contribution < -0.4 is 0 Å². The third-order valence-corrected chi connectivity index (χ3v) is 6.48. The van der Waals surface area contributed by atoms with Crippen molar-refractivity contribution >= 4 is 0 Å². The molecule has 0 aromatic carbocycles. The van der Waals surface area contributed by atoms with E-state index in [1.165, 1.54) is 109 Å². The van der Waals surface area contributed by atoms with Crippen molar-refractivity contribution in [3.8, 4) is 0 Å². The summed E-state index contributed by atoms with van der Waals surface area (Å²) in [4.78, 5) is 0. The van der Waals surface area contributed by atoms with Gasteiger partial charge >= 0.3 is 0 Å². The molecule has 0 aromatic heterocycles. The minimum atomic E-state index is -0.124. The summed E-state index contributed by atoms with van der Waals surface area (Å²) in [6.07, 6.45) is 38.5. The van der Waals surface area contributed by atoms with Gasteiger partial charge in [-0.15, -0.1) is 0 Å². The third-order valence-electron chi connectivity index (χ3n) is 6.48. The Labute approximate surface area is 202 Å². The zero-order valence-electron chi connectivity index (χ0n) is 22.2. The molecule has 1 heteroatoms. The minimum absolute atomic E-state index is 0.124. The van der Waals surface area contributed by atoms with Crippen LogP contribution in [-0.2, 0) is 0 Å². The summed E-state index contributed by atoms with van der Waals surface area (Å²) in [7, 11) is 0. The molecule has 0 aliphatic heterocycles. The molecule has 0 fully saturated rings. The SMILES string of the molecule is CCCC/C=C\CCCC(CCC/C=C\CCCCC)C(O)CCC/C=C\CCCCC. The van der Waals surface area contributed by atoms with Crippen LogP contribution in [0.25, 0.3) is 0 Å². The van der Waals surface area contributed by atoms with Crippen LogP contribution in [-0.4, -0.2) is 11.2 Å². The molecule has 0 bridgehead atoms. The van der Waals surface area contributed by atoms with E-state index in [1.54, 1.807) is 0 Å². The molecule has 188 valence electrons. The molecule has 2 unspecified atom stereocenters. The molecule has 0 saturated heterocycles. The lowest BCUT2D eigenvalue weighted by molar-refractivity contribution is 0.0851. The Hall–Kier alpha value is -0.820. The molecule has 0 aliphatic rings. The molecule has 0 rings (SSSR count). The van der Waals surface area contributed by atoms with Gasteiger partial charge in [0.15, 0.2) is 0 Å². The van der Waals surface area contributed by atoms with Crippen LogP contribution in [0.15, 0.2) is 36.5 Å². The van der Waals surface area contributed by atoms with Gasteiger partial charge in [-0.1, -0.05) is 95.8 Å². The van der Waals surface area contributed by atoms with Crippen molar-refractivity contribution in [2.75, 3.05) is 0 Å². The van der Waals surface area contributed by atoms with Gasteiger partial charge < -0.3 is 5.11 Å². The summed E-state index contributed by atoms with van der Waals surface area (Å²) in [6.45, 7) is 6.77. The Morgan fingerprint density at radius 3 is 1.19 bits per heavy atom. The molecular weight excluding hydrogens is 388 g/mol. The quantitative estimate of drug-likeness (QED) is 0.115. The van der Waals surface area contributed by atoms with E-state index in [4.69, 9.17) is 0 Å². The monoisotopic (exact) mass is 446 g/mol. The topological polar surface area (TPSA) is 20.2 Å². The van der Waals surface area contributed by atoms with Crippen molar-refractivity contribution in [2.45, 2.75) is 155 Å². The van der Waals surface area contributed by atoms with Crippen LogP contribution in [0.1, 0.15) is 149 Å². The summed E-state index contributed by atoms with van der Waals surface area (Å²) < 4.78 is 0. The number of hydrogen-bond acceptors (Lipinski definition) is 1. The number of unbranched alkanes of at least 4 members (excludes halogenated alkanes) is 11. The van der Waals surface area contributed by atoms with Crippen molar-refractivity contribution < 1.29 is 5.11 Å². The highest BCUT2D eigenvalue weighted by molar-refractivity contribution is 4.85. The predicted octanol–water partition coefficient (Wildman–Crippen LogP) is 10.5. The highest BCUT2D eigenvalue weighted by atomic mass is 16.3. The van der Waals surface area contributed by atoms with Gasteiger partial charge in [0.1, 0.15) is 0 Å². The molecule has 0 saturated carbocycles. The van der Waals surface area contributed by atoms with Gasteiger partial charge in [0.2, 0.25) is 0 Å². The second-order valence-corrected chi connectivity index (χ2v) is 9.67. The van der Waals surface area contributed by atoms with Crippen molar-refractivity contribution in [3.05, 3.63) is 36.5 Å². The summed E-state index contributed by atoms with van der Waals surface area (Å²) in [6, 6.07) is 0. The normalized spacial score (nSPS) is 14.2. The van der Waals surface area contributed by atoms with Gasteiger partial charge in [-0.3, -0.25) is 0 Å². The lowest BCUT2D eigenvalue weighted by Crippen LogP contribution is -2.20. The highest BCUT2D eigenvalue weighted by Crippen LogP contribution is 2.24. The van der Waals surface area contributed by atoms with Gasteiger partial charge in [-0.2, -0.15) is 0 Å². The van der Waals surface area contributed by atoms with Gasteiger partial charge in [0.25, 0.3) is 0 Å². The fourth-order valence-corrected chi connectivity index (χ4v) is 4.26. The molecule has 32 heavy (non-hydrogen) atoms. The van der Waals surface area contributed by atoms with Crippen LogP contribution in [0, 0.1) is 5.92 Å². The first-order valence-electron chi connectivity index (χ1n) is 14.4. The Bertz CT molecular complexity index is 434. The number of aliphatic hydroxyl groups excluding tert-OH is 1. The molecular formula is C31H58O. The molecule has 0 aliphatic carbocycles.